The van der Waals surface area contributed by atoms with Crippen molar-refractivity contribution in [1.29, 1.82) is 0 Å². The minimum Gasteiger partial charge on any atom is -0.272 e. The molecule has 23 heavy (non-hydrogen) atoms. The lowest BCUT2D eigenvalue weighted by Crippen LogP contribution is -2.17. The minimum absolute atomic E-state index is 0.298. The Labute approximate surface area is 137 Å². The van der Waals surface area contributed by atoms with Crippen LogP contribution in [0.2, 0.25) is 5.02 Å². The number of halogens is 1. The summed E-state index contributed by atoms with van der Waals surface area (Å²) in [7, 11) is 0. The molecule has 0 radical (unpaired) electrons. The molecule has 0 saturated carbocycles. The maximum Gasteiger partial charge on any atom is 0.289 e. The van der Waals surface area contributed by atoms with Gasteiger partial charge in [0.15, 0.2) is 0 Å². The number of aromatic amines is 1. The van der Waals surface area contributed by atoms with Gasteiger partial charge >= 0.3 is 0 Å². The molecule has 0 fully saturated rings. The molecule has 1 amide bonds. The predicted octanol–water partition coefficient (Wildman–Crippen LogP) is 2.89. The summed E-state index contributed by atoms with van der Waals surface area (Å²) in [6, 6.07) is 12.5. The van der Waals surface area contributed by atoms with E-state index < -0.39 is 0 Å². The van der Waals surface area contributed by atoms with Crippen molar-refractivity contribution in [3.8, 4) is 11.3 Å². The van der Waals surface area contributed by atoms with E-state index in [4.69, 9.17) is 11.6 Å². The number of nitrogens with one attached hydrogen (secondary N) is 2. The Morgan fingerprint density at radius 1 is 1.22 bits per heavy atom. The first-order chi connectivity index (χ1) is 11.2. The Balaban J connectivity index is 1.70. The van der Waals surface area contributed by atoms with Crippen LogP contribution in [0.25, 0.3) is 11.3 Å². The van der Waals surface area contributed by atoms with Crippen LogP contribution in [0, 0.1) is 0 Å². The lowest BCUT2D eigenvalue weighted by Gasteiger charge is -1.98. The number of carbonyl (C=O) groups is 1. The van der Waals surface area contributed by atoms with Gasteiger partial charge in [-0.15, -0.1) is 0 Å². The van der Waals surface area contributed by atoms with Gasteiger partial charge in [0.25, 0.3) is 5.91 Å². The van der Waals surface area contributed by atoms with Crippen molar-refractivity contribution in [2.45, 2.75) is 0 Å². The van der Waals surface area contributed by atoms with Gasteiger partial charge in [0.2, 0.25) is 0 Å². The van der Waals surface area contributed by atoms with Crippen LogP contribution < -0.4 is 5.43 Å². The van der Waals surface area contributed by atoms with E-state index in [1.165, 1.54) is 6.21 Å². The topological polar surface area (TPSA) is 83.0 Å². The summed E-state index contributed by atoms with van der Waals surface area (Å²) < 4.78 is 0. The lowest BCUT2D eigenvalue weighted by molar-refractivity contribution is 0.0950. The number of H-pyrrole nitrogens is 1. The SMILES string of the molecule is O=C(N/N=C\c1ccncc1)c1cc(-c2ccccc2Cl)n[nH]1. The van der Waals surface area contributed by atoms with Crippen LogP contribution in [0.1, 0.15) is 16.1 Å². The van der Waals surface area contributed by atoms with Gasteiger partial charge in [-0.25, -0.2) is 5.43 Å². The molecule has 114 valence electrons. The predicted molar refractivity (Wildman–Crippen MR) is 88.3 cm³/mol. The Bertz CT molecular complexity index is 844. The van der Waals surface area contributed by atoms with E-state index in [0.717, 1.165) is 11.1 Å². The van der Waals surface area contributed by atoms with E-state index in [1.807, 2.05) is 18.2 Å². The Morgan fingerprint density at radius 2 is 2.00 bits per heavy atom. The van der Waals surface area contributed by atoms with E-state index in [-0.39, 0.29) is 5.91 Å². The van der Waals surface area contributed by atoms with Gasteiger partial charge in [0, 0.05) is 18.0 Å². The van der Waals surface area contributed by atoms with E-state index in [1.54, 1.807) is 36.7 Å². The molecule has 0 unspecified atom stereocenters. The highest BCUT2D eigenvalue weighted by molar-refractivity contribution is 6.33. The number of benzene rings is 1. The number of nitrogens with zero attached hydrogens (tertiary/aromatic N) is 3. The molecule has 1 aromatic carbocycles. The molecule has 3 rings (SSSR count). The van der Waals surface area contributed by atoms with Crippen LogP contribution in [0.15, 0.2) is 60.0 Å². The zero-order chi connectivity index (χ0) is 16.1. The first-order valence-electron chi connectivity index (χ1n) is 6.78. The molecule has 7 heteroatoms. The number of aromatic nitrogens is 3. The van der Waals surface area contributed by atoms with Crippen molar-refractivity contribution in [2.75, 3.05) is 0 Å². The zero-order valence-electron chi connectivity index (χ0n) is 11.9. The fourth-order valence-electron chi connectivity index (χ4n) is 1.92. The van der Waals surface area contributed by atoms with Crippen molar-refractivity contribution in [2.24, 2.45) is 5.10 Å². The third-order valence-corrected chi connectivity index (χ3v) is 3.39. The molecule has 2 heterocycles. The Hall–Kier alpha value is -2.99. The molecular weight excluding hydrogens is 314 g/mol. The van der Waals surface area contributed by atoms with Crippen molar-refractivity contribution in [1.82, 2.24) is 20.6 Å². The van der Waals surface area contributed by atoms with E-state index in [9.17, 15) is 4.79 Å². The number of amides is 1. The normalized spacial score (nSPS) is 10.8. The lowest BCUT2D eigenvalue weighted by atomic mass is 10.1. The molecule has 0 aliphatic carbocycles. The number of hydrogen-bond acceptors (Lipinski definition) is 4. The van der Waals surface area contributed by atoms with Crippen LogP contribution in [-0.2, 0) is 0 Å². The number of pyridine rings is 1. The highest BCUT2D eigenvalue weighted by atomic mass is 35.5. The molecule has 6 nitrogen and oxygen atoms in total. The maximum absolute atomic E-state index is 12.0. The molecule has 2 N–H and O–H groups in total. The van der Waals surface area contributed by atoms with Crippen LogP contribution in [0.5, 0.6) is 0 Å². The van der Waals surface area contributed by atoms with Crippen LogP contribution >= 0.6 is 11.6 Å². The van der Waals surface area contributed by atoms with Crippen molar-refractivity contribution in [3.05, 3.63) is 71.1 Å². The number of hydrazone groups is 1. The zero-order valence-corrected chi connectivity index (χ0v) is 12.7. The maximum atomic E-state index is 12.0. The standard InChI is InChI=1S/C16H12ClN5O/c17-13-4-2-1-3-12(13)14-9-15(21-20-14)16(23)22-19-10-11-5-7-18-8-6-11/h1-10H,(H,20,21)(H,22,23)/b19-10-. The monoisotopic (exact) mass is 325 g/mol. The van der Waals surface area contributed by atoms with E-state index in [2.05, 4.69) is 25.7 Å². The highest BCUT2D eigenvalue weighted by Crippen LogP contribution is 2.26. The third-order valence-electron chi connectivity index (χ3n) is 3.06. The molecule has 0 atom stereocenters. The molecule has 2 aromatic heterocycles. The second-order valence-electron chi connectivity index (χ2n) is 4.63. The van der Waals surface area contributed by atoms with Crippen LogP contribution in [0.4, 0.5) is 0 Å². The first kappa shape index (κ1) is 14.9. The van der Waals surface area contributed by atoms with Crippen LogP contribution in [-0.4, -0.2) is 27.3 Å². The second-order valence-corrected chi connectivity index (χ2v) is 5.03. The van der Waals surface area contributed by atoms with Gasteiger partial charge in [-0.2, -0.15) is 10.2 Å². The quantitative estimate of drug-likeness (QED) is 0.571. The van der Waals surface area contributed by atoms with Crippen molar-refractivity contribution >= 4 is 23.7 Å². The number of carbonyl (C=O) groups excluding carboxylic acids is 1. The highest BCUT2D eigenvalue weighted by Gasteiger charge is 2.11. The summed E-state index contributed by atoms with van der Waals surface area (Å²) in [5.74, 6) is -0.388. The molecule has 0 bridgehead atoms. The van der Waals surface area contributed by atoms with Crippen LogP contribution in [0.3, 0.4) is 0 Å². The number of rotatable bonds is 4. The molecule has 0 saturated heterocycles. The minimum atomic E-state index is -0.388. The summed E-state index contributed by atoms with van der Waals surface area (Å²) in [5, 5.41) is 11.2. The van der Waals surface area contributed by atoms with Gasteiger partial charge in [0.1, 0.15) is 5.69 Å². The smallest absolute Gasteiger partial charge is 0.272 e. The Kier molecular flexibility index (Phi) is 4.44. The van der Waals surface area contributed by atoms with Gasteiger partial charge in [-0.05, 0) is 29.8 Å². The summed E-state index contributed by atoms with van der Waals surface area (Å²) in [4.78, 5) is 15.9. The molecule has 0 aliphatic heterocycles. The van der Waals surface area contributed by atoms with Gasteiger partial charge in [0.05, 0.1) is 16.9 Å². The van der Waals surface area contributed by atoms with Crippen molar-refractivity contribution < 1.29 is 4.79 Å². The van der Waals surface area contributed by atoms with Crippen molar-refractivity contribution in [3.63, 3.8) is 0 Å². The molecular formula is C16H12ClN5O. The fraction of sp³-hybridized carbons (Fsp3) is 0. The summed E-state index contributed by atoms with van der Waals surface area (Å²) in [6.45, 7) is 0. The average Bonchev–Trinajstić information content (AvgIpc) is 3.06. The third kappa shape index (κ3) is 3.61. The first-order valence-corrected chi connectivity index (χ1v) is 7.15. The summed E-state index contributed by atoms with van der Waals surface area (Å²) in [6.07, 6.45) is 4.83. The van der Waals surface area contributed by atoms with Gasteiger partial charge < -0.3 is 0 Å². The number of hydrogen-bond donors (Lipinski definition) is 2. The molecule has 0 spiro atoms. The average molecular weight is 326 g/mol. The van der Waals surface area contributed by atoms with Gasteiger partial charge in [-0.3, -0.25) is 14.9 Å². The fourth-order valence-corrected chi connectivity index (χ4v) is 2.15. The summed E-state index contributed by atoms with van der Waals surface area (Å²) >= 11 is 6.12. The van der Waals surface area contributed by atoms with E-state index in [0.29, 0.717) is 16.4 Å². The Morgan fingerprint density at radius 3 is 2.78 bits per heavy atom. The molecule has 3 aromatic rings. The largest absolute Gasteiger partial charge is 0.289 e. The summed E-state index contributed by atoms with van der Waals surface area (Å²) in [5.41, 5.74) is 4.92. The van der Waals surface area contributed by atoms with Gasteiger partial charge in [-0.1, -0.05) is 29.8 Å². The van der Waals surface area contributed by atoms with E-state index >= 15 is 0 Å². The second kappa shape index (κ2) is 6.85. The molecule has 0 aliphatic rings.